The second kappa shape index (κ2) is 18.4. The molecule has 0 bridgehead atoms. The Balaban J connectivity index is 0.000000322. The average Bonchev–Trinajstić information content (AvgIpc) is 3.54. The second-order valence-electron chi connectivity index (χ2n) is 12.4. The molecule has 0 saturated carbocycles. The molecular weight excluding hydrogens is 711 g/mol. The third-order valence-corrected chi connectivity index (χ3v) is 8.86. The fraction of sp³-hybridized carbons (Fsp3) is 0.263. The smallest absolute Gasteiger partial charge is 0.303 e. The number of nitrogens with one attached hydrogen (secondary N) is 2. The van der Waals surface area contributed by atoms with Gasteiger partial charge in [-0.1, -0.05) is 24.3 Å². The van der Waals surface area contributed by atoms with Crippen molar-refractivity contribution in [3.8, 4) is 22.3 Å². The standard InChI is InChI=1S/C24H26N2O7.C14H14N2O.2ClH/c27-13-20-18-11-14(25-21(28)3-1-5-23(30)31)7-9-16(18)17-10-8-15(12-19(17)20)26-22(29)4-2-6-24(32)33;15-8-1-3-10-11-4-2-9(16)6-13(11)14(7-17)12(10)5-8;;/h7-12,20,27H,1-6,13H2,(H,25,28)(H,26,29)(H,30,31)(H,32,33);1-6,14,17H,7,15-16H2;2*1H. The molecule has 4 aromatic rings. The van der Waals surface area contributed by atoms with Crippen LogP contribution in [-0.4, -0.2) is 57.4 Å². The number of carboxylic acid groups (broad SMARTS) is 2. The lowest BCUT2D eigenvalue weighted by molar-refractivity contribution is -0.138. The minimum Gasteiger partial charge on any atom is -0.481 e. The van der Waals surface area contributed by atoms with E-state index in [4.69, 9.17) is 21.7 Å². The quantitative estimate of drug-likeness (QED) is 0.0791. The van der Waals surface area contributed by atoms with E-state index in [0.29, 0.717) is 11.4 Å². The van der Waals surface area contributed by atoms with E-state index >= 15 is 0 Å². The van der Waals surface area contributed by atoms with Gasteiger partial charge in [-0.3, -0.25) is 19.2 Å². The number of nitrogen functional groups attached to an aromatic ring is 2. The average molecular weight is 754 g/mol. The van der Waals surface area contributed by atoms with Gasteiger partial charge in [-0.15, -0.1) is 24.8 Å². The first kappa shape index (κ1) is 41.3. The molecule has 0 fully saturated rings. The van der Waals surface area contributed by atoms with Crippen molar-refractivity contribution in [3.63, 3.8) is 0 Å². The summed E-state index contributed by atoms with van der Waals surface area (Å²) in [6.45, 7) is -0.0844. The number of benzene rings is 4. The Kier molecular flexibility index (Phi) is 14.6. The number of anilines is 4. The van der Waals surface area contributed by atoms with E-state index in [1.54, 1.807) is 24.3 Å². The van der Waals surface area contributed by atoms with E-state index < -0.39 is 11.9 Å². The van der Waals surface area contributed by atoms with Crippen LogP contribution in [0.2, 0.25) is 0 Å². The number of fused-ring (bicyclic) bond motifs is 6. The highest BCUT2D eigenvalue weighted by Crippen LogP contribution is 2.47. The van der Waals surface area contributed by atoms with E-state index in [0.717, 1.165) is 55.9 Å². The molecule has 2 aliphatic carbocycles. The molecule has 52 heavy (non-hydrogen) atoms. The number of aliphatic hydroxyl groups excluding tert-OH is 2. The van der Waals surface area contributed by atoms with E-state index in [1.165, 1.54) is 0 Å². The van der Waals surface area contributed by atoms with Crippen molar-refractivity contribution in [2.75, 3.05) is 35.3 Å². The summed E-state index contributed by atoms with van der Waals surface area (Å²) in [4.78, 5) is 45.4. The maximum Gasteiger partial charge on any atom is 0.303 e. The number of carbonyl (C=O) groups is 4. The normalized spacial score (nSPS) is 12.0. The summed E-state index contributed by atoms with van der Waals surface area (Å²) in [6.07, 6.45) is 0.560. The Morgan fingerprint density at radius 3 is 1.17 bits per heavy atom. The lowest BCUT2D eigenvalue weighted by Gasteiger charge is -2.13. The molecule has 0 heterocycles. The number of carbonyl (C=O) groups excluding carboxylic acids is 2. The number of hydrogen-bond donors (Lipinski definition) is 8. The van der Waals surface area contributed by atoms with Crippen LogP contribution in [0, 0.1) is 0 Å². The highest BCUT2D eigenvalue weighted by molar-refractivity contribution is 5.94. The van der Waals surface area contributed by atoms with Crippen LogP contribution in [0.1, 0.15) is 72.6 Å². The third kappa shape index (κ3) is 9.59. The van der Waals surface area contributed by atoms with Gasteiger partial charge in [0.2, 0.25) is 11.8 Å². The van der Waals surface area contributed by atoms with Gasteiger partial charge in [0.25, 0.3) is 0 Å². The number of aliphatic carboxylic acids is 2. The van der Waals surface area contributed by atoms with Gasteiger partial charge in [0, 0.05) is 60.3 Å². The molecule has 4 aromatic carbocycles. The van der Waals surface area contributed by atoms with Crippen molar-refractivity contribution in [2.24, 2.45) is 0 Å². The third-order valence-electron chi connectivity index (χ3n) is 8.86. The molecule has 2 amide bonds. The van der Waals surface area contributed by atoms with E-state index in [9.17, 15) is 29.4 Å². The zero-order valence-corrected chi connectivity index (χ0v) is 29.8. The topological polar surface area (TPSA) is 225 Å². The largest absolute Gasteiger partial charge is 0.481 e. The monoisotopic (exact) mass is 752 g/mol. The van der Waals surface area contributed by atoms with Crippen molar-refractivity contribution in [3.05, 3.63) is 95.1 Å². The second-order valence-corrected chi connectivity index (χ2v) is 12.4. The van der Waals surface area contributed by atoms with Crippen LogP contribution in [0.5, 0.6) is 0 Å². The minimum absolute atomic E-state index is 0. The fourth-order valence-corrected chi connectivity index (χ4v) is 6.55. The number of nitrogens with two attached hydrogens (primary N) is 2. The molecule has 0 spiro atoms. The van der Waals surface area contributed by atoms with Crippen LogP contribution in [0.4, 0.5) is 22.7 Å². The number of halogens is 2. The van der Waals surface area contributed by atoms with Crippen LogP contribution in [0.25, 0.3) is 22.3 Å². The molecule has 0 unspecified atom stereocenters. The Morgan fingerprint density at radius 1 is 0.519 bits per heavy atom. The van der Waals surface area contributed by atoms with E-state index in [1.807, 2.05) is 48.5 Å². The van der Waals surface area contributed by atoms with Gasteiger partial charge in [-0.05, 0) is 106 Å². The van der Waals surface area contributed by atoms with Crippen LogP contribution in [0.3, 0.4) is 0 Å². The summed E-state index contributed by atoms with van der Waals surface area (Å²) in [7, 11) is 0. The predicted molar refractivity (Wildman–Crippen MR) is 205 cm³/mol. The van der Waals surface area contributed by atoms with Gasteiger partial charge in [0.1, 0.15) is 0 Å². The predicted octanol–water partition coefficient (Wildman–Crippen LogP) is 5.98. The SMILES string of the molecule is Cl.Cl.Nc1ccc2c(c1)C(CO)c1cc(N)ccc1-2.O=C(O)CCCC(=O)Nc1ccc2c(c1)C(CO)c1cc(NC(=O)CCCC(=O)O)ccc1-2. The van der Waals surface area contributed by atoms with Gasteiger partial charge in [0.15, 0.2) is 0 Å². The molecule has 0 radical (unpaired) electrons. The van der Waals surface area contributed by atoms with Crippen molar-refractivity contribution in [2.45, 2.75) is 50.4 Å². The number of rotatable bonds is 12. The first-order chi connectivity index (χ1) is 24.0. The summed E-state index contributed by atoms with van der Waals surface area (Å²) in [5.41, 5.74) is 22.2. The zero-order valence-electron chi connectivity index (χ0n) is 28.1. The van der Waals surface area contributed by atoms with Gasteiger partial charge in [0.05, 0.1) is 13.2 Å². The first-order valence-corrected chi connectivity index (χ1v) is 16.3. The van der Waals surface area contributed by atoms with Crippen molar-refractivity contribution >= 4 is 71.3 Å². The molecule has 0 aliphatic heterocycles. The van der Waals surface area contributed by atoms with Gasteiger partial charge < -0.3 is 42.5 Å². The lowest BCUT2D eigenvalue weighted by atomic mass is 9.97. The Labute approximate surface area is 313 Å². The van der Waals surface area contributed by atoms with Gasteiger partial charge in [-0.2, -0.15) is 0 Å². The summed E-state index contributed by atoms with van der Waals surface area (Å²) >= 11 is 0. The van der Waals surface area contributed by atoms with E-state index in [-0.39, 0.29) is 100 Å². The van der Waals surface area contributed by atoms with Crippen LogP contribution >= 0.6 is 24.8 Å². The Bertz CT molecular complexity index is 1820. The van der Waals surface area contributed by atoms with Crippen molar-refractivity contribution in [1.29, 1.82) is 0 Å². The molecule has 2 aliphatic rings. The summed E-state index contributed by atoms with van der Waals surface area (Å²) in [6, 6.07) is 22.5. The molecule has 10 N–H and O–H groups in total. The highest BCUT2D eigenvalue weighted by Gasteiger charge is 2.30. The molecule has 14 heteroatoms. The van der Waals surface area contributed by atoms with Gasteiger partial charge in [-0.25, -0.2) is 0 Å². The molecular formula is C38H42Cl2N4O8. The Morgan fingerprint density at radius 2 is 0.846 bits per heavy atom. The molecule has 0 saturated heterocycles. The van der Waals surface area contributed by atoms with E-state index in [2.05, 4.69) is 10.6 Å². The minimum atomic E-state index is -0.945. The number of carboxylic acids is 2. The zero-order chi connectivity index (χ0) is 35.9. The fourth-order valence-electron chi connectivity index (χ4n) is 6.55. The molecule has 6 rings (SSSR count). The summed E-state index contributed by atoms with van der Waals surface area (Å²) < 4.78 is 0. The van der Waals surface area contributed by atoms with Crippen LogP contribution in [0.15, 0.2) is 72.8 Å². The molecule has 0 aromatic heterocycles. The Hall–Kier alpha value is -5.14. The molecule has 276 valence electrons. The van der Waals surface area contributed by atoms with Gasteiger partial charge >= 0.3 is 11.9 Å². The number of hydrogen-bond acceptors (Lipinski definition) is 8. The molecule has 12 nitrogen and oxygen atoms in total. The maximum atomic E-state index is 12.1. The van der Waals surface area contributed by atoms with Crippen LogP contribution < -0.4 is 22.1 Å². The summed E-state index contributed by atoms with van der Waals surface area (Å²) in [5, 5.41) is 42.5. The highest BCUT2D eigenvalue weighted by atomic mass is 35.5. The number of amides is 2. The van der Waals surface area contributed by atoms with Crippen molar-refractivity contribution < 1.29 is 39.6 Å². The maximum absolute atomic E-state index is 12.1. The summed E-state index contributed by atoms with van der Waals surface area (Å²) in [5.74, 6) is -2.78. The van der Waals surface area contributed by atoms with Crippen LogP contribution in [-0.2, 0) is 19.2 Å². The lowest BCUT2D eigenvalue weighted by Crippen LogP contribution is -2.13. The molecule has 0 atom stereocenters. The first-order valence-electron chi connectivity index (χ1n) is 16.3. The number of aliphatic hydroxyl groups is 2. The van der Waals surface area contributed by atoms with Crippen molar-refractivity contribution in [1.82, 2.24) is 0 Å².